The van der Waals surface area contributed by atoms with Crippen molar-refractivity contribution in [2.45, 2.75) is 37.5 Å². The number of fused-ring (bicyclic) bond motifs is 1. The van der Waals surface area contributed by atoms with E-state index in [0.717, 1.165) is 10.5 Å². The zero-order valence-corrected chi connectivity index (χ0v) is 13.1. The van der Waals surface area contributed by atoms with Crippen molar-refractivity contribution in [3.05, 3.63) is 47.7 Å². The molecule has 0 N–H and O–H groups in total. The number of thioether (sulfide) groups is 1. The Hall–Kier alpha value is -1.88. The molecule has 3 aromatic rings. The van der Waals surface area contributed by atoms with Crippen molar-refractivity contribution in [3.63, 3.8) is 0 Å². The molecule has 0 spiro atoms. The van der Waals surface area contributed by atoms with E-state index in [1.165, 1.54) is 10.9 Å². The molecule has 0 fully saturated rings. The Morgan fingerprint density at radius 1 is 1.19 bits per heavy atom. The quantitative estimate of drug-likeness (QED) is 0.671. The lowest BCUT2D eigenvalue weighted by Gasteiger charge is -2.05. The van der Waals surface area contributed by atoms with Gasteiger partial charge in [0, 0.05) is 11.3 Å². The fourth-order valence-corrected chi connectivity index (χ4v) is 2.90. The van der Waals surface area contributed by atoms with Gasteiger partial charge in [-0.3, -0.25) is 0 Å². The second kappa shape index (κ2) is 5.85. The monoisotopic (exact) mass is 299 g/mol. The largest absolute Gasteiger partial charge is 0.424 e. The zero-order chi connectivity index (χ0) is 14.8. The maximum absolute atomic E-state index is 5.61. The lowest BCUT2D eigenvalue weighted by molar-refractivity contribution is 0.445. The molecular weight excluding hydrogens is 282 g/mol. The Bertz CT molecular complexity index is 767. The van der Waals surface area contributed by atoms with E-state index in [2.05, 4.69) is 34.2 Å². The number of rotatable bonds is 4. The molecule has 1 aromatic carbocycles. The van der Waals surface area contributed by atoms with Crippen LogP contribution in [0.2, 0.25) is 0 Å². The summed E-state index contributed by atoms with van der Waals surface area (Å²) in [5, 5.41) is 10.3. The molecule has 0 aliphatic heterocycles. The van der Waals surface area contributed by atoms with Gasteiger partial charge in [0.1, 0.15) is 0 Å². The van der Waals surface area contributed by atoms with Crippen molar-refractivity contribution in [2.75, 3.05) is 0 Å². The summed E-state index contributed by atoms with van der Waals surface area (Å²) >= 11 is 1.62. The Kier molecular flexibility index (Phi) is 3.92. The lowest BCUT2D eigenvalue weighted by atomic mass is 10.1. The van der Waals surface area contributed by atoms with Gasteiger partial charge in [-0.1, -0.05) is 43.8 Å². The zero-order valence-electron chi connectivity index (χ0n) is 12.3. The summed E-state index contributed by atoms with van der Waals surface area (Å²) in [5.41, 5.74) is 2.25. The van der Waals surface area contributed by atoms with Crippen LogP contribution in [0.3, 0.4) is 0 Å². The number of benzene rings is 1. The highest BCUT2D eigenvalue weighted by Gasteiger charge is 2.10. The van der Waals surface area contributed by atoms with E-state index in [0.29, 0.717) is 17.5 Å². The topological polar surface area (TPSA) is 51.8 Å². The second-order valence-corrected chi connectivity index (χ2v) is 6.27. The van der Waals surface area contributed by atoms with Gasteiger partial charge in [-0.15, -0.1) is 10.2 Å². The van der Waals surface area contributed by atoms with E-state index in [4.69, 9.17) is 4.42 Å². The van der Waals surface area contributed by atoms with Gasteiger partial charge in [0.2, 0.25) is 11.8 Å². The van der Waals surface area contributed by atoms with Crippen molar-refractivity contribution < 1.29 is 4.42 Å². The molecule has 2 aromatic heterocycles. The molecule has 4 nitrogen and oxygen atoms in total. The average molecular weight is 299 g/mol. The van der Waals surface area contributed by atoms with E-state index in [1.807, 2.05) is 32.0 Å². The van der Waals surface area contributed by atoms with E-state index < -0.39 is 0 Å². The molecule has 0 bridgehead atoms. The molecule has 108 valence electrons. The maximum atomic E-state index is 5.61. The van der Waals surface area contributed by atoms with Crippen LogP contribution in [0.5, 0.6) is 0 Å². The smallest absolute Gasteiger partial charge is 0.226 e. The molecule has 2 heterocycles. The highest BCUT2D eigenvalue weighted by molar-refractivity contribution is 7.98. The number of aryl methyl sites for hydroxylation is 1. The number of para-hydroxylation sites is 1. The SMILES string of the molecule is Cc1cc(SCc2nnc(C(C)C)o2)nc2ccccc12. The van der Waals surface area contributed by atoms with E-state index in [-0.39, 0.29) is 5.92 Å². The number of hydrogen-bond donors (Lipinski definition) is 0. The summed E-state index contributed by atoms with van der Waals surface area (Å²) in [4.78, 5) is 4.67. The maximum Gasteiger partial charge on any atom is 0.226 e. The van der Waals surface area contributed by atoms with Crippen LogP contribution < -0.4 is 0 Å². The predicted octanol–water partition coefficient (Wildman–Crippen LogP) is 4.34. The summed E-state index contributed by atoms with van der Waals surface area (Å²) in [6, 6.07) is 10.3. The molecule has 0 aliphatic rings. The fraction of sp³-hybridized carbons (Fsp3) is 0.312. The van der Waals surface area contributed by atoms with Gasteiger partial charge in [-0.05, 0) is 24.6 Å². The molecule has 0 amide bonds. The van der Waals surface area contributed by atoms with Crippen LogP contribution in [0.1, 0.15) is 37.1 Å². The number of aromatic nitrogens is 3. The first-order valence-electron chi connectivity index (χ1n) is 6.95. The number of pyridine rings is 1. The first-order chi connectivity index (χ1) is 10.1. The van der Waals surface area contributed by atoms with E-state index in [1.54, 1.807) is 11.8 Å². The summed E-state index contributed by atoms with van der Waals surface area (Å²) in [7, 11) is 0. The molecule has 3 rings (SSSR count). The molecule has 0 radical (unpaired) electrons. The van der Waals surface area contributed by atoms with Crippen LogP contribution >= 0.6 is 11.8 Å². The molecule has 5 heteroatoms. The van der Waals surface area contributed by atoms with Crippen LogP contribution in [-0.4, -0.2) is 15.2 Å². The van der Waals surface area contributed by atoms with Gasteiger partial charge in [-0.25, -0.2) is 4.98 Å². The summed E-state index contributed by atoms with van der Waals surface area (Å²) in [5.74, 6) is 2.24. The minimum atomic E-state index is 0.261. The fourth-order valence-electron chi connectivity index (χ4n) is 2.09. The van der Waals surface area contributed by atoms with Crippen LogP contribution in [0.25, 0.3) is 10.9 Å². The van der Waals surface area contributed by atoms with Crippen molar-refractivity contribution in [3.8, 4) is 0 Å². The van der Waals surface area contributed by atoms with Crippen molar-refractivity contribution >= 4 is 22.7 Å². The highest BCUT2D eigenvalue weighted by atomic mass is 32.2. The Labute approximate surface area is 128 Å². The van der Waals surface area contributed by atoms with Gasteiger partial charge >= 0.3 is 0 Å². The van der Waals surface area contributed by atoms with E-state index >= 15 is 0 Å². The van der Waals surface area contributed by atoms with Crippen molar-refractivity contribution in [2.24, 2.45) is 0 Å². The lowest BCUT2D eigenvalue weighted by Crippen LogP contribution is -1.88. The van der Waals surface area contributed by atoms with Crippen LogP contribution in [0.15, 0.2) is 39.8 Å². The molecule has 0 saturated carbocycles. The molecule has 0 aliphatic carbocycles. The standard InChI is InChI=1S/C16H17N3OS/c1-10(2)16-19-18-14(20-16)9-21-15-8-11(3)12-6-4-5-7-13(12)17-15/h4-8,10H,9H2,1-3H3. The van der Waals surface area contributed by atoms with Crippen LogP contribution in [-0.2, 0) is 5.75 Å². The van der Waals surface area contributed by atoms with Gasteiger partial charge < -0.3 is 4.42 Å². The molecule has 0 saturated heterocycles. The summed E-state index contributed by atoms with van der Waals surface area (Å²) in [6.07, 6.45) is 0. The second-order valence-electron chi connectivity index (χ2n) is 5.27. The summed E-state index contributed by atoms with van der Waals surface area (Å²) in [6.45, 7) is 6.19. The van der Waals surface area contributed by atoms with Gasteiger partial charge in [0.25, 0.3) is 0 Å². The predicted molar refractivity (Wildman–Crippen MR) is 84.4 cm³/mol. The highest BCUT2D eigenvalue weighted by Crippen LogP contribution is 2.26. The van der Waals surface area contributed by atoms with Gasteiger partial charge in [0.05, 0.1) is 16.3 Å². The van der Waals surface area contributed by atoms with Crippen molar-refractivity contribution in [1.82, 2.24) is 15.2 Å². The molecular formula is C16H17N3OS. The average Bonchev–Trinajstić information content (AvgIpc) is 2.94. The number of nitrogens with zero attached hydrogens (tertiary/aromatic N) is 3. The third-order valence-electron chi connectivity index (χ3n) is 3.22. The minimum Gasteiger partial charge on any atom is -0.424 e. The first-order valence-corrected chi connectivity index (χ1v) is 7.93. The summed E-state index contributed by atoms with van der Waals surface area (Å²) < 4.78 is 5.61. The molecule has 21 heavy (non-hydrogen) atoms. The minimum absolute atomic E-state index is 0.261. The molecule has 0 unspecified atom stereocenters. The van der Waals surface area contributed by atoms with Gasteiger partial charge in [0.15, 0.2) is 0 Å². The van der Waals surface area contributed by atoms with E-state index in [9.17, 15) is 0 Å². The Balaban J connectivity index is 1.78. The van der Waals surface area contributed by atoms with Gasteiger partial charge in [-0.2, -0.15) is 0 Å². The van der Waals surface area contributed by atoms with Crippen molar-refractivity contribution in [1.29, 1.82) is 0 Å². The molecule has 0 atom stereocenters. The Morgan fingerprint density at radius 3 is 2.76 bits per heavy atom. The third-order valence-corrected chi connectivity index (χ3v) is 4.12. The van der Waals surface area contributed by atoms with Crippen LogP contribution in [0, 0.1) is 6.92 Å². The Morgan fingerprint density at radius 2 is 2.00 bits per heavy atom. The normalized spacial score (nSPS) is 11.4. The third kappa shape index (κ3) is 3.08. The van der Waals surface area contributed by atoms with Crippen LogP contribution in [0.4, 0.5) is 0 Å². The number of hydrogen-bond acceptors (Lipinski definition) is 5. The first kappa shape index (κ1) is 14.1.